The first kappa shape index (κ1) is 11.9. The number of anilines is 1. The first-order chi connectivity index (χ1) is 8.15. The molecule has 0 unspecified atom stereocenters. The normalized spacial score (nSPS) is 19.6. The molecule has 1 aliphatic heterocycles. The molecule has 0 spiro atoms. The maximum absolute atomic E-state index is 12.3. The topological polar surface area (TPSA) is 66.6 Å². The molecule has 0 saturated carbocycles. The zero-order valence-corrected chi connectivity index (χ0v) is 10.0. The molecule has 3 N–H and O–H groups in total. The summed E-state index contributed by atoms with van der Waals surface area (Å²) in [5.41, 5.74) is 7.90. The van der Waals surface area contributed by atoms with E-state index < -0.39 is 0 Å². The van der Waals surface area contributed by atoms with Crippen LogP contribution >= 0.6 is 0 Å². The van der Waals surface area contributed by atoms with E-state index in [1.165, 1.54) is 0 Å². The van der Waals surface area contributed by atoms with Gasteiger partial charge in [0.25, 0.3) is 5.91 Å². The van der Waals surface area contributed by atoms with Gasteiger partial charge >= 0.3 is 0 Å². The maximum Gasteiger partial charge on any atom is 0.254 e. The summed E-state index contributed by atoms with van der Waals surface area (Å²) < 4.78 is 0. The fourth-order valence-electron chi connectivity index (χ4n) is 2.33. The Labute approximate surface area is 101 Å². The summed E-state index contributed by atoms with van der Waals surface area (Å²) in [5.74, 6) is -0.0219. The zero-order chi connectivity index (χ0) is 12.4. The molecule has 1 atom stereocenters. The zero-order valence-electron chi connectivity index (χ0n) is 10.0. The number of nitrogens with zero attached hydrogens (tertiary/aromatic N) is 1. The number of benzene rings is 1. The minimum Gasteiger partial charge on any atom is -0.398 e. The van der Waals surface area contributed by atoms with Gasteiger partial charge in [-0.1, -0.05) is 6.07 Å². The third-order valence-corrected chi connectivity index (χ3v) is 3.45. The number of nitrogen functional groups attached to an aromatic ring is 1. The van der Waals surface area contributed by atoms with E-state index in [2.05, 4.69) is 0 Å². The second-order valence-electron chi connectivity index (χ2n) is 4.50. The number of aliphatic hydroxyl groups excluding tert-OH is 1. The van der Waals surface area contributed by atoms with Crippen molar-refractivity contribution in [1.82, 2.24) is 4.90 Å². The molecule has 4 nitrogen and oxygen atoms in total. The second-order valence-corrected chi connectivity index (χ2v) is 4.50. The van der Waals surface area contributed by atoms with E-state index >= 15 is 0 Å². The standard InChI is InChI=1S/C13H18N2O2/c1-9-11(5-2-6-12(9)14)13(17)15-7-3-4-10(15)8-16/h2,5-6,10,16H,3-4,7-8,14H2,1H3/t10-/m1/s1. The largest absolute Gasteiger partial charge is 0.398 e. The van der Waals surface area contributed by atoms with Crippen molar-refractivity contribution >= 4 is 11.6 Å². The van der Waals surface area contributed by atoms with Crippen molar-refractivity contribution in [3.05, 3.63) is 29.3 Å². The number of aliphatic hydroxyl groups is 1. The van der Waals surface area contributed by atoms with Crippen molar-refractivity contribution in [3.63, 3.8) is 0 Å². The first-order valence-corrected chi connectivity index (χ1v) is 5.92. The van der Waals surface area contributed by atoms with Gasteiger partial charge in [0.1, 0.15) is 0 Å². The van der Waals surface area contributed by atoms with E-state index in [1.54, 1.807) is 23.1 Å². The van der Waals surface area contributed by atoms with Crippen molar-refractivity contribution < 1.29 is 9.90 Å². The Hall–Kier alpha value is -1.55. The molecule has 1 aliphatic rings. The molecule has 1 heterocycles. The average Bonchev–Trinajstić information content (AvgIpc) is 2.80. The molecule has 1 fully saturated rings. The van der Waals surface area contributed by atoms with Crippen LogP contribution in [-0.4, -0.2) is 35.1 Å². The molecule has 1 aromatic carbocycles. The van der Waals surface area contributed by atoms with Crippen LogP contribution < -0.4 is 5.73 Å². The Morgan fingerprint density at radius 3 is 3.06 bits per heavy atom. The Balaban J connectivity index is 2.28. The van der Waals surface area contributed by atoms with Crippen molar-refractivity contribution in [2.45, 2.75) is 25.8 Å². The van der Waals surface area contributed by atoms with Crippen LogP contribution in [0.1, 0.15) is 28.8 Å². The molecule has 0 aliphatic carbocycles. The van der Waals surface area contributed by atoms with Gasteiger partial charge in [0, 0.05) is 17.8 Å². The summed E-state index contributed by atoms with van der Waals surface area (Å²) in [7, 11) is 0. The predicted octanol–water partition coefficient (Wildman–Crippen LogP) is 1.17. The van der Waals surface area contributed by atoms with Crippen molar-refractivity contribution in [2.24, 2.45) is 0 Å². The molecule has 4 heteroatoms. The lowest BCUT2D eigenvalue weighted by Crippen LogP contribution is -2.38. The van der Waals surface area contributed by atoms with E-state index in [0.29, 0.717) is 11.3 Å². The smallest absolute Gasteiger partial charge is 0.254 e. The van der Waals surface area contributed by atoms with Crippen LogP contribution in [0.3, 0.4) is 0 Å². The molecular formula is C13H18N2O2. The minimum atomic E-state index is -0.0386. The van der Waals surface area contributed by atoms with Crippen LogP contribution in [0, 0.1) is 6.92 Å². The number of nitrogens with two attached hydrogens (primary N) is 1. The Morgan fingerprint density at radius 2 is 2.35 bits per heavy atom. The van der Waals surface area contributed by atoms with Crippen LogP contribution in [-0.2, 0) is 0 Å². The molecule has 1 amide bonds. The number of carbonyl (C=O) groups is 1. The first-order valence-electron chi connectivity index (χ1n) is 5.92. The summed E-state index contributed by atoms with van der Waals surface area (Å²) in [6, 6.07) is 5.34. The molecule has 0 radical (unpaired) electrons. The minimum absolute atomic E-state index is 0.0219. The van der Waals surface area contributed by atoms with Crippen molar-refractivity contribution in [1.29, 1.82) is 0 Å². The molecule has 92 valence electrons. The maximum atomic E-state index is 12.3. The summed E-state index contributed by atoms with van der Waals surface area (Å²) in [5, 5.41) is 9.24. The monoisotopic (exact) mass is 234 g/mol. The van der Waals surface area contributed by atoms with Crippen LogP contribution in [0.25, 0.3) is 0 Å². The highest BCUT2D eigenvalue weighted by Crippen LogP contribution is 2.23. The van der Waals surface area contributed by atoms with Gasteiger partial charge in [-0.15, -0.1) is 0 Å². The van der Waals surface area contributed by atoms with Gasteiger partial charge in [-0.05, 0) is 37.5 Å². The van der Waals surface area contributed by atoms with Crippen LogP contribution in [0.2, 0.25) is 0 Å². The van der Waals surface area contributed by atoms with Crippen LogP contribution in [0.4, 0.5) is 5.69 Å². The fraction of sp³-hybridized carbons (Fsp3) is 0.462. The Morgan fingerprint density at radius 1 is 1.59 bits per heavy atom. The third kappa shape index (κ3) is 2.13. The molecule has 0 bridgehead atoms. The summed E-state index contributed by atoms with van der Waals surface area (Å²) >= 11 is 0. The summed E-state index contributed by atoms with van der Waals surface area (Å²) in [6.45, 7) is 2.61. The van der Waals surface area contributed by atoms with E-state index in [1.807, 2.05) is 6.92 Å². The van der Waals surface area contributed by atoms with Gasteiger partial charge < -0.3 is 15.7 Å². The molecule has 1 aromatic rings. The van der Waals surface area contributed by atoms with Gasteiger partial charge in [-0.3, -0.25) is 4.79 Å². The van der Waals surface area contributed by atoms with E-state index in [9.17, 15) is 9.90 Å². The van der Waals surface area contributed by atoms with Gasteiger partial charge in [-0.25, -0.2) is 0 Å². The molecule has 1 saturated heterocycles. The number of rotatable bonds is 2. The number of likely N-dealkylation sites (tertiary alicyclic amines) is 1. The average molecular weight is 234 g/mol. The highest BCUT2D eigenvalue weighted by molar-refractivity contribution is 5.97. The predicted molar refractivity (Wildman–Crippen MR) is 66.7 cm³/mol. The quantitative estimate of drug-likeness (QED) is 0.755. The summed E-state index contributed by atoms with van der Waals surface area (Å²) in [4.78, 5) is 14.1. The number of hydrogen-bond donors (Lipinski definition) is 2. The van der Waals surface area contributed by atoms with Gasteiger partial charge in [-0.2, -0.15) is 0 Å². The molecule has 2 rings (SSSR count). The van der Waals surface area contributed by atoms with Crippen LogP contribution in [0.5, 0.6) is 0 Å². The van der Waals surface area contributed by atoms with E-state index in [-0.39, 0.29) is 18.6 Å². The third-order valence-electron chi connectivity index (χ3n) is 3.45. The SMILES string of the molecule is Cc1c(N)cccc1C(=O)N1CCC[C@@H]1CO. The van der Waals surface area contributed by atoms with Gasteiger partial charge in [0.15, 0.2) is 0 Å². The lowest BCUT2D eigenvalue weighted by atomic mass is 10.1. The van der Waals surface area contributed by atoms with Crippen LogP contribution in [0.15, 0.2) is 18.2 Å². The second kappa shape index (κ2) is 4.75. The van der Waals surface area contributed by atoms with E-state index in [4.69, 9.17) is 5.73 Å². The highest BCUT2D eigenvalue weighted by Gasteiger charge is 2.29. The van der Waals surface area contributed by atoms with Gasteiger partial charge in [0.2, 0.25) is 0 Å². The highest BCUT2D eigenvalue weighted by atomic mass is 16.3. The number of amides is 1. The number of hydrogen-bond acceptors (Lipinski definition) is 3. The lowest BCUT2D eigenvalue weighted by Gasteiger charge is -2.24. The van der Waals surface area contributed by atoms with E-state index in [0.717, 1.165) is 24.9 Å². The number of carbonyl (C=O) groups excluding carboxylic acids is 1. The lowest BCUT2D eigenvalue weighted by molar-refractivity contribution is 0.0677. The molecule has 17 heavy (non-hydrogen) atoms. The Bertz CT molecular complexity index is 431. The fourth-order valence-corrected chi connectivity index (χ4v) is 2.33. The van der Waals surface area contributed by atoms with Gasteiger partial charge in [0.05, 0.1) is 12.6 Å². The van der Waals surface area contributed by atoms with Crippen molar-refractivity contribution in [3.8, 4) is 0 Å². The summed E-state index contributed by atoms with van der Waals surface area (Å²) in [6.07, 6.45) is 1.84. The molecular weight excluding hydrogens is 216 g/mol. The molecule has 0 aromatic heterocycles. The van der Waals surface area contributed by atoms with Crippen molar-refractivity contribution in [2.75, 3.05) is 18.9 Å². The Kier molecular flexibility index (Phi) is 3.33.